The molecule has 2 amide bonds. The second-order valence-corrected chi connectivity index (χ2v) is 8.99. The number of carbonyl (C=O) groups is 3. The highest BCUT2D eigenvalue weighted by Gasteiger charge is 2.41. The minimum atomic E-state index is -4.50. The number of primary amides is 1. The fraction of sp³-hybridized carbons (Fsp3) is 0.417. The zero-order valence-electron chi connectivity index (χ0n) is 19.1. The maximum Gasteiger partial charge on any atom is 0.405 e. The van der Waals surface area contributed by atoms with Crippen LogP contribution in [0.2, 0.25) is 0 Å². The average Bonchev–Trinajstić information content (AvgIpc) is 3.07. The predicted octanol–water partition coefficient (Wildman–Crippen LogP) is 3.29. The number of anilines is 2. The number of aromatic nitrogens is 1. The quantitative estimate of drug-likeness (QED) is 0.514. The van der Waals surface area contributed by atoms with Crippen LogP contribution in [0.4, 0.5) is 24.7 Å². The molecule has 2 bridgehead atoms. The maximum absolute atomic E-state index is 12.9. The Bertz CT molecular complexity index is 1120. The number of amides is 2. The van der Waals surface area contributed by atoms with Gasteiger partial charge in [0.2, 0.25) is 0 Å². The predicted molar refractivity (Wildman–Crippen MR) is 124 cm³/mol. The van der Waals surface area contributed by atoms with Crippen molar-refractivity contribution < 1.29 is 27.6 Å². The highest BCUT2D eigenvalue weighted by molar-refractivity contribution is 6.02. The summed E-state index contributed by atoms with van der Waals surface area (Å²) in [5.74, 6) is -0.572. The molecule has 35 heavy (non-hydrogen) atoms. The van der Waals surface area contributed by atoms with Crippen molar-refractivity contribution in [1.29, 1.82) is 0 Å². The summed E-state index contributed by atoms with van der Waals surface area (Å²) < 4.78 is 37.9. The number of hydrogen-bond donors (Lipinski definition) is 3. The molecular formula is C24H26F3N5O3. The normalized spacial score (nSPS) is 21.5. The molecule has 186 valence electrons. The molecule has 2 aliphatic rings. The van der Waals surface area contributed by atoms with Crippen LogP contribution in [0, 0.1) is 0 Å². The molecule has 8 nitrogen and oxygen atoms in total. The van der Waals surface area contributed by atoms with Gasteiger partial charge in [-0.05, 0) is 62.9 Å². The lowest BCUT2D eigenvalue weighted by molar-refractivity contribution is -0.115. The van der Waals surface area contributed by atoms with Crippen LogP contribution in [-0.2, 0) is 0 Å². The summed E-state index contributed by atoms with van der Waals surface area (Å²) in [6.07, 6.45) is 0.360. The van der Waals surface area contributed by atoms with Crippen LogP contribution in [0.15, 0.2) is 36.5 Å². The van der Waals surface area contributed by atoms with Crippen LogP contribution in [0.3, 0.4) is 0 Å². The first-order valence-corrected chi connectivity index (χ1v) is 11.3. The summed E-state index contributed by atoms with van der Waals surface area (Å²) in [6, 6.07) is 7.68. The van der Waals surface area contributed by atoms with Crippen molar-refractivity contribution in [3.05, 3.63) is 53.2 Å². The number of fused-ring (bicyclic) bond motifs is 2. The Morgan fingerprint density at radius 3 is 2.29 bits per heavy atom. The number of halogens is 3. The molecule has 0 aliphatic carbocycles. The van der Waals surface area contributed by atoms with E-state index in [1.54, 1.807) is 12.3 Å². The summed E-state index contributed by atoms with van der Waals surface area (Å²) in [5, 5.41) is 5.14. The highest BCUT2D eigenvalue weighted by Crippen LogP contribution is 2.38. The van der Waals surface area contributed by atoms with Gasteiger partial charge in [0.15, 0.2) is 5.78 Å². The lowest BCUT2D eigenvalue weighted by Crippen LogP contribution is -2.50. The van der Waals surface area contributed by atoms with E-state index in [4.69, 9.17) is 5.73 Å². The van der Waals surface area contributed by atoms with Gasteiger partial charge in [0.1, 0.15) is 12.4 Å². The Labute approximate surface area is 200 Å². The molecule has 2 saturated heterocycles. The molecule has 0 saturated carbocycles. The van der Waals surface area contributed by atoms with Gasteiger partial charge in [-0.25, -0.2) is 4.98 Å². The summed E-state index contributed by atoms with van der Waals surface area (Å²) >= 11 is 0. The van der Waals surface area contributed by atoms with Gasteiger partial charge in [-0.3, -0.25) is 14.4 Å². The molecule has 4 N–H and O–H groups in total. The van der Waals surface area contributed by atoms with E-state index in [0.29, 0.717) is 18.4 Å². The number of pyridine rings is 1. The van der Waals surface area contributed by atoms with Crippen molar-refractivity contribution in [2.24, 2.45) is 5.73 Å². The standard InChI is InChI=1S/C24H26F3N5O3/c1-13(33)15-3-7-21(29-11-15)32-17-4-5-18(32)10-16(9-17)31-23(35)14-2-6-19(22(28)34)20(8-14)30-12-24(25,26)27/h2-3,6-8,11,16-18,30H,4-5,9-10,12H2,1H3,(H2,28,34)(H,31,35). The van der Waals surface area contributed by atoms with Gasteiger partial charge in [-0.2, -0.15) is 13.2 Å². The largest absolute Gasteiger partial charge is 0.405 e. The van der Waals surface area contributed by atoms with E-state index in [1.165, 1.54) is 25.1 Å². The SMILES string of the molecule is CC(=O)c1ccc(N2C3CCC2CC(NC(=O)c2ccc(C(N)=O)c(NCC(F)(F)F)c2)C3)nc1. The molecule has 11 heteroatoms. The molecule has 2 aromatic rings. The second-order valence-electron chi connectivity index (χ2n) is 8.99. The molecule has 2 atom stereocenters. The molecule has 1 aromatic carbocycles. The van der Waals surface area contributed by atoms with Gasteiger partial charge in [-0.15, -0.1) is 0 Å². The number of nitrogens with two attached hydrogens (primary N) is 1. The number of ketones is 1. The summed E-state index contributed by atoms with van der Waals surface area (Å²) in [6.45, 7) is 0.132. The number of rotatable bonds is 7. The van der Waals surface area contributed by atoms with Crippen LogP contribution in [0.1, 0.15) is 63.7 Å². The minimum absolute atomic E-state index is 0.0472. The topological polar surface area (TPSA) is 117 Å². The van der Waals surface area contributed by atoms with E-state index in [9.17, 15) is 27.6 Å². The fourth-order valence-corrected chi connectivity index (χ4v) is 4.93. The second kappa shape index (κ2) is 9.55. The first-order valence-electron chi connectivity index (χ1n) is 11.3. The van der Waals surface area contributed by atoms with Crippen LogP contribution in [0.25, 0.3) is 0 Å². The third-order valence-electron chi connectivity index (χ3n) is 6.51. The zero-order valence-corrected chi connectivity index (χ0v) is 19.1. The van der Waals surface area contributed by atoms with Crippen LogP contribution in [-0.4, -0.2) is 53.4 Å². The van der Waals surface area contributed by atoms with E-state index in [0.717, 1.165) is 18.7 Å². The molecule has 2 aliphatic heterocycles. The first-order chi connectivity index (χ1) is 16.5. The monoisotopic (exact) mass is 489 g/mol. The van der Waals surface area contributed by atoms with Gasteiger partial charge in [0.05, 0.1) is 5.56 Å². The van der Waals surface area contributed by atoms with E-state index in [2.05, 4.69) is 20.5 Å². The zero-order chi connectivity index (χ0) is 25.3. The third kappa shape index (κ3) is 5.55. The van der Waals surface area contributed by atoms with Crippen molar-refractivity contribution in [2.45, 2.75) is 56.9 Å². The van der Waals surface area contributed by atoms with E-state index >= 15 is 0 Å². The molecule has 3 heterocycles. The Balaban J connectivity index is 1.44. The van der Waals surface area contributed by atoms with Crippen molar-refractivity contribution in [3.8, 4) is 0 Å². The fourth-order valence-electron chi connectivity index (χ4n) is 4.93. The van der Waals surface area contributed by atoms with Crippen LogP contribution >= 0.6 is 0 Å². The number of carbonyl (C=O) groups excluding carboxylic acids is 3. The number of nitrogens with zero attached hydrogens (tertiary/aromatic N) is 2. The molecule has 1 aromatic heterocycles. The molecule has 2 fully saturated rings. The van der Waals surface area contributed by atoms with Gasteiger partial charge in [-0.1, -0.05) is 0 Å². The molecule has 4 rings (SSSR count). The molecule has 2 unspecified atom stereocenters. The third-order valence-corrected chi connectivity index (χ3v) is 6.51. The van der Waals surface area contributed by atoms with Crippen molar-refractivity contribution in [1.82, 2.24) is 10.3 Å². The lowest BCUT2D eigenvalue weighted by Gasteiger charge is -2.40. The van der Waals surface area contributed by atoms with Crippen molar-refractivity contribution in [2.75, 3.05) is 16.8 Å². The number of benzene rings is 1. The van der Waals surface area contributed by atoms with E-state index in [-0.39, 0.29) is 40.7 Å². The van der Waals surface area contributed by atoms with Crippen LogP contribution < -0.4 is 21.3 Å². The number of Topliss-reactive ketones (excluding diaryl/α,β-unsaturated/α-hetero) is 1. The Morgan fingerprint density at radius 2 is 1.74 bits per heavy atom. The first kappa shape index (κ1) is 24.5. The molecule has 0 spiro atoms. The Kier molecular flexibility index (Phi) is 6.68. The number of alkyl halides is 3. The van der Waals surface area contributed by atoms with Gasteiger partial charge >= 0.3 is 6.18 Å². The molecule has 0 radical (unpaired) electrons. The smallest absolute Gasteiger partial charge is 0.376 e. The van der Waals surface area contributed by atoms with Crippen molar-refractivity contribution >= 4 is 29.1 Å². The Hall–Kier alpha value is -3.63. The van der Waals surface area contributed by atoms with Gasteiger partial charge in [0.25, 0.3) is 11.8 Å². The number of nitrogens with one attached hydrogen (secondary N) is 2. The average molecular weight is 489 g/mol. The summed E-state index contributed by atoms with van der Waals surface area (Å²) in [4.78, 5) is 42.7. The van der Waals surface area contributed by atoms with Gasteiger partial charge < -0.3 is 21.3 Å². The Morgan fingerprint density at radius 1 is 1.09 bits per heavy atom. The highest BCUT2D eigenvalue weighted by atomic mass is 19.4. The number of piperidine rings is 1. The minimum Gasteiger partial charge on any atom is -0.376 e. The van der Waals surface area contributed by atoms with E-state index in [1.807, 2.05) is 6.07 Å². The van der Waals surface area contributed by atoms with Crippen molar-refractivity contribution in [3.63, 3.8) is 0 Å². The molecular weight excluding hydrogens is 463 g/mol. The summed E-state index contributed by atoms with van der Waals surface area (Å²) in [5.41, 5.74) is 5.68. The van der Waals surface area contributed by atoms with E-state index < -0.39 is 24.5 Å². The van der Waals surface area contributed by atoms with Crippen LogP contribution in [0.5, 0.6) is 0 Å². The van der Waals surface area contributed by atoms with Gasteiger partial charge in [0, 0.05) is 41.1 Å². The lowest BCUT2D eigenvalue weighted by atomic mass is 9.96. The number of hydrogen-bond acceptors (Lipinski definition) is 6. The summed E-state index contributed by atoms with van der Waals surface area (Å²) in [7, 11) is 0. The maximum atomic E-state index is 12.9.